The zero-order valence-corrected chi connectivity index (χ0v) is 17.7. The van der Waals surface area contributed by atoms with Gasteiger partial charge in [0.1, 0.15) is 0 Å². The fourth-order valence-corrected chi connectivity index (χ4v) is 3.60. The van der Waals surface area contributed by atoms with Crippen molar-refractivity contribution in [3.63, 3.8) is 0 Å². The molecule has 0 spiro atoms. The summed E-state index contributed by atoms with van der Waals surface area (Å²) in [6, 6.07) is 18.2. The third kappa shape index (κ3) is 4.81. The number of amides is 1. The van der Waals surface area contributed by atoms with Gasteiger partial charge in [0.25, 0.3) is 0 Å². The molecule has 146 valence electrons. The lowest BCUT2D eigenvalue weighted by Gasteiger charge is -2.23. The molecule has 28 heavy (non-hydrogen) atoms. The lowest BCUT2D eigenvalue weighted by Crippen LogP contribution is -2.44. The molecule has 1 heterocycles. The summed E-state index contributed by atoms with van der Waals surface area (Å²) in [5.74, 6) is 0.743. The van der Waals surface area contributed by atoms with Crippen molar-refractivity contribution in [1.82, 2.24) is 20.1 Å². The predicted molar refractivity (Wildman–Crippen MR) is 115 cm³/mol. The van der Waals surface area contributed by atoms with Gasteiger partial charge in [-0.15, -0.1) is 10.2 Å². The summed E-state index contributed by atoms with van der Waals surface area (Å²) in [4.78, 5) is 12.5. The molecule has 3 rings (SSSR count). The summed E-state index contributed by atoms with van der Waals surface area (Å²) in [5, 5.41) is 12.3. The van der Waals surface area contributed by atoms with Crippen LogP contribution >= 0.6 is 11.8 Å². The quantitative estimate of drug-likeness (QED) is 0.641. The molecule has 0 saturated carbocycles. The minimum atomic E-state index is -0.295. The number of carbonyl (C=O) groups is 1. The van der Waals surface area contributed by atoms with E-state index in [1.165, 1.54) is 17.3 Å². The number of hydrogen-bond donors (Lipinski definition) is 1. The lowest BCUT2D eigenvalue weighted by atomic mass is 10.1. The van der Waals surface area contributed by atoms with Crippen molar-refractivity contribution in [2.75, 3.05) is 0 Å². The highest BCUT2D eigenvalue weighted by atomic mass is 32.2. The summed E-state index contributed by atoms with van der Waals surface area (Å²) < 4.78 is 2.01. The largest absolute Gasteiger partial charge is 0.351 e. The van der Waals surface area contributed by atoms with Gasteiger partial charge in [0, 0.05) is 16.8 Å². The molecule has 1 N–H and O–H groups in total. The number of aryl methyl sites for hydroxylation is 1. The van der Waals surface area contributed by atoms with Crippen molar-refractivity contribution in [2.24, 2.45) is 0 Å². The summed E-state index contributed by atoms with van der Waals surface area (Å²) in [5.41, 5.74) is 2.87. The summed E-state index contributed by atoms with van der Waals surface area (Å²) in [7, 11) is 0. The van der Waals surface area contributed by atoms with Gasteiger partial charge in [-0.25, -0.2) is 0 Å². The number of carbonyl (C=O) groups excluding carboxylic acids is 1. The number of benzene rings is 2. The van der Waals surface area contributed by atoms with Crippen LogP contribution in [-0.4, -0.2) is 31.5 Å². The first kappa shape index (κ1) is 20.1. The van der Waals surface area contributed by atoms with Crippen molar-refractivity contribution in [1.29, 1.82) is 0 Å². The molecular formula is C22H26N4OS. The predicted octanol–water partition coefficient (Wildman–Crippen LogP) is 4.64. The van der Waals surface area contributed by atoms with Crippen molar-refractivity contribution in [2.45, 2.75) is 50.6 Å². The Balaban J connectivity index is 1.98. The van der Waals surface area contributed by atoms with Crippen LogP contribution in [0.2, 0.25) is 0 Å². The van der Waals surface area contributed by atoms with E-state index in [2.05, 4.69) is 46.7 Å². The summed E-state index contributed by atoms with van der Waals surface area (Å²) in [6.45, 7) is 9.88. The van der Waals surface area contributed by atoms with Crippen LogP contribution in [0.5, 0.6) is 0 Å². The minimum absolute atomic E-state index is 0.0165. The van der Waals surface area contributed by atoms with E-state index in [0.717, 1.165) is 17.1 Å². The van der Waals surface area contributed by atoms with Crippen LogP contribution in [0.25, 0.3) is 17.1 Å². The number of hydrogen-bond acceptors (Lipinski definition) is 4. The van der Waals surface area contributed by atoms with Crippen LogP contribution in [0, 0.1) is 6.92 Å². The monoisotopic (exact) mass is 394 g/mol. The second kappa shape index (κ2) is 8.19. The first-order valence-corrected chi connectivity index (χ1v) is 10.2. The van der Waals surface area contributed by atoms with Gasteiger partial charge < -0.3 is 5.32 Å². The van der Waals surface area contributed by atoms with E-state index in [1.54, 1.807) is 0 Å². The minimum Gasteiger partial charge on any atom is -0.351 e. The van der Waals surface area contributed by atoms with E-state index >= 15 is 0 Å². The topological polar surface area (TPSA) is 59.8 Å². The number of rotatable bonds is 5. The lowest BCUT2D eigenvalue weighted by molar-refractivity contribution is -0.121. The number of nitrogens with one attached hydrogen (secondary N) is 1. The van der Waals surface area contributed by atoms with Crippen LogP contribution in [0.4, 0.5) is 0 Å². The molecule has 0 aliphatic rings. The maximum absolute atomic E-state index is 12.5. The molecule has 1 unspecified atom stereocenters. The molecule has 1 amide bonds. The molecule has 0 radical (unpaired) electrons. The zero-order valence-electron chi connectivity index (χ0n) is 16.9. The van der Waals surface area contributed by atoms with Gasteiger partial charge in [0.05, 0.1) is 5.25 Å². The van der Waals surface area contributed by atoms with E-state index in [4.69, 9.17) is 0 Å². The molecular weight excluding hydrogens is 368 g/mol. The van der Waals surface area contributed by atoms with Crippen molar-refractivity contribution in [3.8, 4) is 17.1 Å². The van der Waals surface area contributed by atoms with Crippen LogP contribution in [0.15, 0.2) is 59.8 Å². The van der Waals surface area contributed by atoms with Gasteiger partial charge in [-0.2, -0.15) is 0 Å². The normalized spacial score (nSPS) is 12.6. The Labute approximate surface area is 170 Å². The molecule has 3 aromatic rings. The van der Waals surface area contributed by atoms with E-state index in [0.29, 0.717) is 5.16 Å². The van der Waals surface area contributed by atoms with Crippen LogP contribution < -0.4 is 5.32 Å². The summed E-state index contributed by atoms with van der Waals surface area (Å²) >= 11 is 1.41. The smallest absolute Gasteiger partial charge is 0.233 e. The standard InChI is InChI=1S/C22H26N4OS/c1-15-11-13-18(14-12-15)26-19(17-9-7-6-8-10-17)24-25-21(26)28-16(2)20(27)23-22(3,4)5/h6-14,16H,1-5H3,(H,23,27). The average Bonchev–Trinajstić information content (AvgIpc) is 3.05. The first-order chi connectivity index (χ1) is 13.2. The van der Waals surface area contributed by atoms with Crippen LogP contribution in [-0.2, 0) is 4.79 Å². The van der Waals surface area contributed by atoms with Crippen molar-refractivity contribution in [3.05, 3.63) is 60.2 Å². The third-order valence-corrected chi connectivity index (χ3v) is 5.15. The molecule has 0 aliphatic carbocycles. The SMILES string of the molecule is Cc1ccc(-n2c(SC(C)C(=O)NC(C)(C)C)nnc2-c2ccccc2)cc1. The molecule has 2 aromatic carbocycles. The van der Waals surface area contributed by atoms with Crippen molar-refractivity contribution < 1.29 is 4.79 Å². The Kier molecular flexibility index (Phi) is 5.89. The van der Waals surface area contributed by atoms with E-state index < -0.39 is 0 Å². The van der Waals surface area contributed by atoms with E-state index in [9.17, 15) is 4.79 Å². The summed E-state index contributed by atoms with van der Waals surface area (Å²) in [6.07, 6.45) is 0. The van der Waals surface area contributed by atoms with E-state index in [-0.39, 0.29) is 16.7 Å². The fraction of sp³-hybridized carbons (Fsp3) is 0.318. The van der Waals surface area contributed by atoms with Gasteiger partial charge in [-0.1, -0.05) is 59.8 Å². The second-order valence-electron chi connectivity index (χ2n) is 7.84. The second-order valence-corrected chi connectivity index (χ2v) is 9.15. The molecule has 5 nitrogen and oxygen atoms in total. The van der Waals surface area contributed by atoms with E-state index in [1.807, 2.05) is 62.6 Å². The Morgan fingerprint density at radius 1 is 1.04 bits per heavy atom. The highest BCUT2D eigenvalue weighted by Crippen LogP contribution is 2.30. The fourth-order valence-electron chi connectivity index (χ4n) is 2.73. The first-order valence-electron chi connectivity index (χ1n) is 9.31. The Bertz CT molecular complexity index is 943. The van der Waals surface area contributed by atoms with Gasteiger partial charge in [0.15, 0.2) is 11.0 Å². The van der Waals surface area contributed by atoms with Crippen LogP contribution in [0.1, 0.15) is 33.3 Å². The zero-order chi connectivity index (χ0) is 20.3. The van der Waals surface area contributed by atoms with Gasteiger partial charge >= 0.3 is 0 Å². The Morgan fingerprint density at radius 2 is 1.68 bits per heavy atom. The molecule has 0 bridgehead atoms. The highest BCUT2D eigenvalue weighted by Gasteiger charge is 2.24. The van der Waals surface area contributed by atoms with Gasteiger partial charge in [-0.05, 0) is 46.8 Å². The Hall–Kier alpha value is -2.60. The maximum Gasteiger partial charge on any atom is 0.233 e. The molecule has 0 aliphatic heterocycles. The maximum atomic E-state index is 12.5. The third-order valence-electron chi connectivity index (χ3n) is 4.11. The van der Waals surface area contributed by atoms with Gasteiger partial charge in [0.2, 0.25) is 5.91 Å². The number of aromatic nitrogens is 3. The van der Waals surface area contributed by atoms with Crippen LogP contribution in [0.3, 0.4) is 0 Å². The number of nitrogens with zero attached hydrogens (tertiary/aromatic N) is 3. The Morgan fingerprint density at radius 3 is 2.29 bits per heavy atom. The molecule has 1 atom stereocenters. The highest BCUT2D eigenvalue weighted by molar-refractivity contribution is 8.00. The van der Waals surface area contributed by atoms with Crippen molar-refractivity contribution >= 4 is 17.7 Å². The molecule has 6 heteroatoms. The van der Waals surface area contributed by atoms with Gasteiger partial charge in [-0.3, -0.25) is 9.36 Å². The molecule has 0 saturated heterocycles. The molecule has 1 aromatic heterocycles. The average molecular weight is 395 g/mol. The molecule has 0 fully saturated rings. The number of thioether (sulfide) groups is 1.